The fourth-order valence-electron chi connectivity index (χ4n) is 2.41. The third-order valence-electron chi connectivity index (χ3n) is 3.64. The Morgan fingerprint density at radius 1 is 1.38 bits per heavy atom. The molecule has 3 aromatic heterocycles. The molecule has 0 amide bonds. The molecular weight excluding hydrogens is 308 g/mol. The summed E-state index contributed by atoms with van der Waals surface area (Å²) in [5.41, 5.74) is 14.4. The summed E-state index contributed by atoms with van der Waals surface area (Å²) in [6.45, 7) is 4.76. The van der Waals surface area contributed by atoms with Crippen LogP contribution in [0.25, 0.3) is 22.4 Å². The van der Waals surface area contributed by atoms with Gasteiger partial charge in [0.2, 0.25) is 11.8 Å². The first kappa shape index (κ1) is 15.9. The van der Waals surface area contributed by atoms with Crippen molar-refractivity contribution in [3.05, 3.63) is 17.7 Å². The highest BCUT2D eigenvalue weighted by Crippen LogP contribution is 2.22. The van der Waals surface area contributed by atoms with E-state index in [-0.39, 0.29) is 5.95 Å². The Bertz CT molecular complexity index is 945. The number of nitrogen functional groups attached to an aromatic ring is 1. The smallest absolute Gasteiger partial charge is 0.225 e. The van der Waals surface area contributed by atoms with Crippen LogP contribution in [0.4, 0.5) is 5.95 Å². The number of hydrogen-bond acceptors (Lipinski definition) is 8. The Labute approximate surface area is 138 Å². The Kier molecular flexibility index (Phi) is 4.13. The van der Waals surface area contributed by atoms with Crippen LogP contribution >= 0.6 is 0 Å². The minimum absolute atomic E-state index is 0.233. The van der Waals surface area contributed by atoms with E-state index in [4.69, 9.17) is 11.5 Å². The van der Waals surface area contributed by atoms with Gasteiger partial charge in [-0.3, -0.25) is 4.99 Å². The molecule has 0 aromatic carbocycles. The second-order valence-electron chi connectivity index (χ2n) is 5.15. The van der Waals surface area contributed by atoms with Crippen molar-refractivity contribution in [3.8, 4) is 0 Å². The van der Waals surface area contributed by atoms with Crippen LogP contribution in [0.3, 0.4) is 0 Å². The lowest BCUT2D eigenvalue weighted by atomic mass is 10.3. The average molecular weight is 328 g/mol. The maximum atomic E-state index is 6.05. The molecule has 0 atom stereocenters. The second kappa shape index (κ2) is 6.24. The summed E-state index contributed by atoms with van der Waals surface area (Å²) in [6.07, 6.45) is 3.39. The maximum Gasteiger partial charge on any atom is 0.225 e. The van der Waals surface area contributed by atoms with Crippen LogP contribution < -0.4 is 16.8 Å². The lowest BCUT2D eigenvalue weighted by Crippen LogP contribution is -2.12. The van der Waals surface area contributed by atoms with Gasteiger partial charge in [0.05, 0.1) is 18.1 Å². The number of hydrogen-bond donors (Lipinski definition) is 3. The molecule has 0 aliphatic rings. The standard InChI is InChI=1S/C14H20N10/c1-4-18-10(8(2)17-3)11-20-13-9-7-19-23(6-5-15)12(9)21-14(16)24(13)22-11/h4,7,17H,5-6,15H2,1-3H3,(H2,16,21)/b10-8-,18-4?. The molecule has 0 aliphatic heterocycles. The van der Waals surface area contributed by atoms with Crippen LogP contribution in [0.1, 0.15) is 19.7 Å². The topological polar surface area (TPSA) is 137 Å². The first-order valence-electron chi connectivity index (χ1n) is 7.56. The van der Waals surface area contributed by atoms with Crippen LogP contribution in [-0.2, 0) is 6.54 Å². The number of nitrogens with zero attached hydrogens (tertiary/aromatic N) is 7. The summed E-state index contributed by atoms with van der Waals surface area (Å²) in [4.78, 5) is 13.3. The van der Waals surface area contributed by atoms with Crippen LogP contribution in [0, 0.1) is 0 Å². The van der Waals surface area contributed by atoms with E-state index in [0.717, 1.165) is 11.1 Å². The van der Waals surface area contributed by atoms with Gasteiger partial charge in [0.25, 0.3) is 0 Å². The van der Waals surface area contributed by atoms with Gasteiger partial charge in [-0.2, -0.15) is 14.6 Å². The summed E-state index contributed by atoms with van der Waals surface area (Å²) in [7, 11) is 1.82. The monoisotopic (exact) mass is 328 g/mol. The minimum atomic E-state index is 0.233. The summed E-state index contributed by atoms with van der Waals surface area (Å²) in [5.74, 6) is 0.699. The molecule has 0 fully saturated rings. The average Bonchev–Trinajstić information content (AvgIpc) is 3.17. The summed E-state index contributed by atoms with van der Waals surface area (Å²) in [6, 6.07) is 0. The van der Waals surface area contributed by atoms with Gasteiger partial charge in [-0.05, 0) is 13.8 Å². The van der Waals surface area contributed by atoms with Crippen molar-refractivity contribution in [2.24, 2.45) is 10.7 Å². The summed E-state index contributed by atoms with van der Waals surface area (Å²) >= 11 is 0. The van der Waals surface area contributed by atoms with Gasteiger partial charge in [0.1, 0.15) is 5.70 Å². The van der Waals surface area contributed by atoms with Crippen molar-refractivity contribution in [1.29, 1.82) is 0 Å². The normalized spacial score (nSPS) is 13.2. The number of fused-ring (bicyclic) bond motifs is 3. The van der Waals surface area contributed by atoms with Gasteiger partial charge in [0, 0.05) is 25.5 Å². The molecule has 0 bridgehead atoms. The zero-order chi connectivity index (χ0) is 17.3. The van der Waals surface area contributed by atoms with Crippen molar-refractivity contribution in [2.75, 3.05) is 19.3 Å². The molecule has 0 radical (unpaired) electrons. The lowest BCUT2D eigenvalue weighted by Gasteiger charge is -2.03. The third kappa shape index (κ3) is 2.46. The highest BCUT2D eigenvalue weighted by molar-refractivity contribution is 5.90. The molecule has 126 valence electrons. The van der Waals surface area contributed by atoms with E-state index in [0.29, 0.717) is 35.9 Å². The molecule has 0 saturated carbocycles. The fourth-order valence-corrected chi connectivity index (χ4v) is 2.41. The maximum absolute atomic E-state index is 6.05. The number of aromatic nitrogens is 6. The second-order valence-corrected chi connectivity index (χ2v) is 5.15. The van der Waals surface area contributed by atoms with Crippen LogP contribution in [0.5, 0.6) is 0 Å². The fraction of sp³-hybridized carbons (Fsp3) is 0.357. The van der Waals surface area contributed by atoms with E-state index in [1.54, 1.807) is 17.1 Å². The number of nitrogens with two attached hydrogens (primary N) is 2. The van der Waals surface area contributed by atoms with E-state index in [1.165, 1.54) is 4.52 Å². The molecule has 10 heteroatoms. The number of rotatable bonds is 5. The highest BCUT2D eigenvalue weighted by Gasteiger charge is 2.18. The van der Waals surface area contributed by atoms with Gasteiger partial charge in [-0.15, -0.1) is 5.10 Å². The first-order valence-corrected chi connectivity index (χ1v) is 7.56. The predicted octanol–water partition coefficient (Wildman–Crippen LogP) is 0.0135. The zero-order valence-corrected chi connectivity index (χ0v) is 13.9. The molecular formula is C14H20N10. The van der Waals surface area contributed by atoms with Crippen molar-refractivity contribution in [2.45, 2.75) is 20.4 Å². The first-order chi connectivity index (χ1) is 11.6. The zero-order valence-electron chi connectivity index (χ0n) is 13.9. The molecule has 3 heterocycles. The quantitative estimate of drug-likeness (QED) is 0.561. The Morgan fingerprint density at radius 3 is 2.83 bits per heavy atom. The third-order valence-corrected chi connectivity index (χ3v) is 3.64. The highest BCUT2D eigenvalue weighted by atomic mass is 15.4. The SMILES string of the molecule is CC=N/C(=C(/C)NC)c1nc2c3cnn(CCN)c3nc(N)n2n1. The molecule has 0 spiro atoms. The summed E-state index contributed by atoms with van der Waals surface area (Å²) < 4.78 is 3.21. The lowest BCUT2D eigenvalue weighted by molar-refractivity contribution is 0.640. The Hall–Kier alpha value is -3.01. The van der Waals surface area contributed by atoms with Gasteiger partial charge in [-0.25, -0.2) is 9.67 Å². The van der Waals surface area contributed by atoms with E-state index >= 15 is 0 Å². The molecule has 3 rings (SSSR count). The Morgan fingerprint density at radius 2 is 2.17 bits per heavy atom. The number of nitrogens with one attached hydrogen (secondary N) is 1. The van der Waals surface area contributed by atoms with Crippen molar-refractivity contribution >= 4 is 34.5 Å². The minimum Gasteiger partial charge on any atom is -0.390 e. The molecule has 5 N–H and O–H groups in total. The molecule has 0 aliphatic carbocycles. The van der Waals surface area contributed by atoms with Crippen LogP contribution in [0.15, 0.2) is 16.9 Å². The Balaban J connectivity index is 2.28. The molecule has 0 unspecified atom stereocenters. The van der Waals surface area contributed by atoms with Crippen LogP contribution in [0.2, 0.25) is 0 Å². The van der Waals surface area contributed by atoms with E-state index in [1.807, 2.05) is 20.9 Å². The van der Waals surface area contributed by atoms with Gasteiger partial charge >= 0.3 is 0 Å². The van der Waals surface area contributed by atoms with Crippen molar-refractivity contribution in [3.63, 3.8) is 0 Å². The largest absolute Gasteiger partial charge is 0.390 e. The summed E-state index contributed by atoms with van der Waals surface area (Å²) in [5, 5.41) is 12.6. The molecule has 0 saturated heterocycles. The van der Waals surface area contributed by atoms with Crippen molar-refractivity contribution in [1.82, 2.24) is 34.7 Å². The van der Waals surface area contributed by atoms with E-state index in [2.05, 4.69) is 30.5 Å². The predicted molar refractivity (Wildman–Crippen MR) is 93.4 cm³/mol. The molecule has 24 heavy (non-hydrogen) atoms. The number of aliphatic imine (C=N–C) groups is 1. The number of anilines is 1. The molecule has 3 aromatic rings. The van der Waals surface area contributed by atoms with E-state index < -0.39 is 0 Å². The van der Waals surface area contributed by atoms with Gasteiger partial charge in [0.15, 0.2) is 11.3 Å². The van der Waals surface area contributed by atoms with Crippen molar-refractivity contribution < 1.29 is 0 Å². The number of allylic oxidation sites excluding steroid dienone is 1. The van der Waals surface area contributed by atoms with E-state index in [9.17, 15) is 0 Å². The van der Waals surface area contributed by atoms with Crippen LogP contribution in [-0.4, -0.2) is 49.2 Å². The molecule has 10 nitrogen and oxygen atoms in total. The van der Waals surface area contributed by atoms with Gasteiger partial charge < -0.3 is 16.8 Å². The van der Waals surface area contributed by atoms with Gasteiger partial charge in [-0.1, -0.05) is 0 Å².